The molecular weight excluding hydrogens is 294 g/mol. The average Bonchev–Trinajstić information content (AvgIpc) is 2.60. The van der Waals surface area contributed by atoms with Crippen molar-refractivity contribution in [2.45, 2.75) is 20.0 Å². The number of allylic oxidation sites excluding steroid dienone is 1. The first-order valence-electron chi connectivity index (χ1n) is 8.03. The molecule has 0 radical (unpaired) electrons. The Hall–Kier alpha value is -3.05. The van der Waals surface area contributed by atoms with Crippen molar-refractivity contribution in [3.05, 3.63) is 77.9 Å². The molecular formula is C22H19NO. The lowest BCUT2D eigenvalue weighted by molar-refractivity contribution is 0.242. The highest BCUT2D eigenvalue weighted by atomic mass is 16.5. The maximum atomic E-state index is 9.54. The van der Waals surface area contributed by atoms with Crippen LogP contribution in [0.15, 0.2) is 66.7 Å². The SMILES string of the molecule is CC(C)Oc1ccc(/C=C(/C#N)c2ccc3ccccc3c2)cc1. The van der Waals surface area contributed by atoms with Crippen molar-refractivity contribution in [3.8, 4) is 11.8 Å². The standard InChI is InChI=1S/C22H19NO/c1-16(2)24-22-11-7-17(8-12-22)13-21(15-23)20-10-9-18-5-3-4-6-19(18)14-20/h3-14,16H,1-2H3/b21-13-. The summed E-state index contributed by atoms with van der Waals surface area (Å²) < 4.78 is 5.65. The van der Waals surface area contributed by atoms with Crippen LogP contribution in [-0.4, -0.2) is 6.10 Å². The van der Waals surface area contributed by atoms with E-state index in [2.05, 4.69) is 30.3 Å². The lowest BCUT2D eigenvalue weighted by atomic mass is 10.0. The molecule has 3 aromatic carbocycles. The second-order valence-electron chi connectivity index (χ2n) is 5.97. The fourth-order valence-electron chi connectivity index (χ4n) is 2.62. The molecule has 0 N–H and O–H groups in total. The topological polar surface area (TPSA) is 33.0 Å². The summed E-state index contributed by atoms with van der Waals surface area (Å²) in [5.74, 6) is 0.839. The van der Waals surface area contributed by atoms with Gasteiger partial charge in [-0.15, -0.1) is 0 Å². The van der Waals surface area contributed by atoms with Crippen LogP contribution in [0.3, 0.4) is 0 Å². The zero-order valence-electron chi connectivity index (χ0n) is 13.9. The summed E-state index contributed by atoms with van der Waals surface area (Å²) in [4.78, 5) is 0. The maximum Gasteiger partial charge on any atom is 0.119 e. The number of ether oxygens (including phenoxy) is 1. The normalized spacial score (nSPS) is 11.5. The number of nitriles is 1. The van der Waals surface area contributed by atoms with Gasteiger partial charge in [0.2, 0.25) is 0 Å². The van der Waals surface area contributed by atoms with Crippen LogP contribution in [0.25, 0.3) is 22.4 Å². The highest BCUT2D eigenvalue weighted by Gasteiger charge is 2.03. The van der Waals surface area contributed by atoms with E-state index in [-0.39, 0.29) is 6.10 Å². The third-order valence-electron chi connectivity index (χ3n) is 3.74. The Balaban J connectivity index is 1.92. The Bertz CT molecular complexity index is 915. The maximum absolute atomic E-state index is 9.54. The van der Waals surface area contributed by atoms with Crippen LogP contribution in [0.2, 0.25) is 0 Å². The van der Waals surface area contributed by atoms with Gasteiger partial charge in [0.15, 0.2) is 0 Å². The summed E-state index contributed by atoms with van der Waals surface area (Å²) in [6, 6.07) is 24.4. The van der Waals surface area contributed by atoms with Crippen LogP contribution in [0.4, 0.5) is 0 Å². The minimum absolute atomic E-state index is 0.152. The quantitative estimate of drug-likeness (QED) is 0.458. The molecule has 3 aromatic rings. The first-order valence-corrected chi connectivity index (χ1v) is 8.03. The molecule has 0 unspecified atom stereocenters. The van der Waals surface area contributed by atoms with Crippen LogP contribution in [0, 0.1) is 11.3 Å². The molecule has 0 aliphatic carbocycles. The largest absolute Gasteiger partial charge is 0.491 e. The molecule has 0 atom stereocenters. The Morgan fingerprint density at radius 3 is 2.33 bits per heavy atom. The van der Waals surface area contributed by atoms with Crippen molar-refractivity contribution in [3.63, 3.8) is 0 Å². The van der Waals surface area contributed by atoms with Gasteiger partial charge < -0.3 is 4.74 Å². The smallest absolute Gasteiger partial charge is 0.119 e. The Morgan fingerprint density at radius 1 is 0.958 bits per heavy atom. The number of nitrogens with zero attached hydrogens (tertiary/aromatic N) is 1. The van der Waals surface area contributed by atoms with Crippen molar-refractivity contribution in [1.29, 1.82) is 5.26 Å². The van der Waals surface area contributed by atoms with E-state index in [4.69, 9.17) is 4.74 Å². The van der Waals surface area contributed by atoms with E-state index in [1.54, 1.807) is 0 Å². The van der Waals surface area contributed by atoms with Gasteiger partial charge in [0.05, 0.1) is 17.7 Å². The van der Waals surface area contributed by atoms with E-state index in [1.807, 2.05) is 62.4 Å². The molecule has 0 saturated heterocycles. The first-order chi connectivity index (χ1) is 11.7. The highest BCUT2D eigenvalue weighted by molar-refractivity contribution is 5.94. The molecule has 24 heavy (non-hydrogen) atoms. The molecule has 0 spiro atoms. The van der Waals surface area contributed by atoms with E-state index in [0.717, 1.165) is 22.3 Å². The van der Waals surface area contributed by atoms with Crippen LogP contribution in [0.1, 0.15) is 25.0 Å². The van der Waals surface area contributed by atoms with Gasteiger partial charge >= 0.3 is 0 Å². The van der Waals surface area contributed by atoms with E-state index in [0.29, 0.717) is 5.57 Å². The molecule has 0 bridgehead atoms. The minimum atomic E-state index is 0.152. The van der Waals surface area contributed by atoms with Crippen LogP contribution in [-0.2, 0) is 0 Å². The monoisotopic (exact) mass is 313 g/mol. The van der Waals surface area contributed by atoms with Crippen LogP contribution in [0.5, 0.6) is 5.75 Å². The van der Waals surface area contributed by atoms with E-state index in [9.17, 15) is 5.26 Å². The molecule has 2 heteroatoms. The van der Waals surface area contributed by atoms with Gasteiger partial charge in [-0.2, -0.15) is 5.26 Å². The van der Waals surface area contributed by atoms with Gasteiger partial charge in [-0.25, -0.2) is 0 Å². The Morgan fingerprint density at radius 2 is 1.67 bits per heavy atom. The lowest BCUT2D eigenvalue weighted by Crippen LogP contribution is -2.05. The molecule has 0 fully saturated rings. The number of fused-ring (bicyclic) bond motifs is 1. The molecule has 0 aromatic heterocycles. The van der Waals surface area contributed by atoms with Gasteiger partial charge in [0.1, 0.15) is 5.75 Å². The Kier molecular flexibility index (Phi) is 4.63. The summed E-state index contributed by atoms with van der Waals surface area (Å²) in [6.45, 7) is 4.00. The third kappa shape index (κ3) is 3.64. The van der Waals surface area contributed by atoms with Gasteiger partial charge in [-0.05, 0) is 60.0 Å². The summed E-state index contributed by atoms with van der Waals surface area (Å²) in [7, 11) is 0. The van der Waals surface area contributed by atoms with Crippen LogP contribution < -0.4 is 4.74 Å². The number of benzene rings is 3. The van der Waals surface area contributed by atoms with E-state index < -0.39 is 0 Å². The average molecular weight is 313 g/mol. The first kappa shape index (κ1) is 15.8. The van der Waals surface area contributed by atoms with Crippen LogP contribution >= 0.6 is 0 Å². The van der Waals surface area contributed by atoms with Gasteiger partial charge in [-0.1, -0.05) is 48.5 Å². The molecule has 0 heterocycles. The molecule has 0 saturated carbocycles. The fourth-order valence-corrected chi connectivity index (χ4v) is 2.62. The van der Waals surface area contributed by atoms with Crippen molar-refractivity contribution >= 4 is 22.4 Å². The Labute approximate surface area is 142 Å². The second kappa shape index (κ2) is 7.02. The predicted molar refractivity (Wildman–Crippen MR) is 99.6 cm³/mol. The summed E-state index contributed by atoms with van der Waals surface area (Å²) >= 11 is 0. The second-order valence-corrected chi connectivity index (χ2v) is 5.97. The summed E-state index contributed by atoms with van der Waals surface area (Å²) in [5.41, 5.74) is 2.56. The fraction of sp³-hybridized carbons (Fsp3) is 0.136. The zero-order chi connectivity index (χ0) is 16.9. The zero-order valence-corrected chi connectivity index (χ0v) is 13.9. The minimum Gasteiger partial charge on any atom is -0.491 e. The predicted octanol–water partition coefficient (Wildman–Crippen LogP) is 5.69. The van der Waals surface area contributed by atoms with Gasteiger partial charge in [-0.3, -0.25) is 0 Å². The molecule has 0 amide bonds. The highest BCUT2D eigenvalue weighted by Crippen LogP contribution is 2.23. The molecule has 3 rings (SSSR count). The van der Waals surface area contributed by atoms with E-state index in [1.165, 1.54) is 5.39 Å². The molecule has 0 aliphatic heterocycles. The van der Waals surface area contributed by atoms with E-state index >= 15 is 0 Å². The lowest BCUT2D eigenvalue weighted by Gasteiger charge is -2.09. The van der Waals surface area contributed by atoms with Gasteiger partial charge in [0, 0.05) is 0 Å². The summed E-state index contributed by atoms with van der Waals surface area (Å²) in [6.07, 6.45) is 2.06. The molecule has 0 aliphatic rings. The molecule has 118 valence electrons. The summed E-state index contributed by atoms with van der Waals surface area (Å²) in [5, 5.41) is 11.9. The molecule has 2 nitrogen and oxygen atoms in total. The number of hydrogen-bond acceptors (Lipinski definition) is 2. The third-order valence-corrected chi connectivity index (χ3v) is 3.74. The van der Waals surface area contributed by atoms with Crippen molar-refractivity contribution < 1.29 is 4.74 Å². The number of hydrogen-bond donors (Lipinski definition) is 0. The number of rotatable bonds is 4. The van der Waals surface area contributed by atoms with Crippen molar-refractivity contribution in [1.82, 2.24) is 0 Å². The van der Waals surface area contributed by atoms with Gasteiger partial charge in [0.25, 0.3) is 0 Å². The van der Waals surface area contributed by atoms with Crippen molar-refractivity contribution in [2.75, 3.05) is 0 Å². The van der Waals surface area contributed by atoms with Crippen molar-refractivity contribution in [2.24, 2.45) is 0 Å².